The third-order valence-electron chi connectivity index (χ3n) is 4.70. The van der Waals surface area contributed by atoms with Crippen LogP contribution < -0.4 is 10.6 Å². The molecule has 0 aliphatic carbocycles. The van der Waals surface area contributed by atoms with Gasteiger partial charge in [-0.1, -0.05) is 42.5 Å². The van der Waals surface area contributed by atoms with Gasteiger partial charge in [0.25, 0.3) is 0 Å². The van der Waals surface area contributed by atoms with Gasteiger partial charge in [0.1, 0.15) is 11.5 Å². The Hall–Kier alpha value is -3.32. The first kappa shape index (κ1) is 21.4. The van der Waals surface area contributed by atoms with Crippen LogP contribution in [0.15, 0.2) is 77.3 Å². The summed E-state index contributed by atoms with van der Waals surface area (Å²) in [5, 5.41) is 9.97. The fraction of sp³-hybridized carbons (Fsp3) is 0.136. The molecular weight excluding hydrogens is 497 g/mol. The first-order valence-electron chi connectivity index (χ1n) is 8.86. The smallest absolute Gasteiger partial charge is 0.355 e. The summed E-state index contributed by atoms with van der Waals surface area (Å²) in [6.45, 7) is 0. The molecule has 0 radical (unpaired) electrons. The lowest BCUT2D eigenvalue weighted by molar-refractivity contribution is -0.139. The molecule has 1 aliphatic rings. The summed E-state index contributed by atoms with van der Waals surface area (Å²) in [5.41, 5.74) is 7.64. The minimum atomic E-state index is -0.879. The zero-order valence-electron chi connectivity index (χ0n) is 16.3. The van der Waals surface area contributed by atoms with E-state index in [9.17, 15) is 14.9 Å². The van der Waals surface area contributed by atoms with Crippen LogP contribution in [-0.4, -0.2) is 26.2 Å². The summed E-state index contributed by atoms with van der Waals surface area (Å²) in [5.74, 6) is -2.35. The SMILES string of the molecule is COC(=O)C1=C(C(=O)OC)N(c2ccccc2I)C(N)=C(C#N)C1c1ccccc1. The normalized spacial score (nSPS) is 16.2. The number of halogens is 1. The number of methoxy groups -OCH3 is 2. The van der Waals surface area contributed by atoms with Crippen molar-refractivity contribution < 1.29 is 19.1 Å². The maximum Gasteiger partial charge on any atom is 0.355 e. The van der Waals surface area contributed by atoms with E-state index in [2.05, 4.69) is 28.7 Å². The molecule has 1 atom stereocenters. The molecule has 0 fully saturated rings. The Kier molecular flexibility index (Phi) is 6.42. The highest BCUT2D eigenvalue weighted by Gasteiger charge is 2.43. The quantitative estimate of drug-likeness (QED) is 0.493. The monoisotopic (exact) mass is 515 g/mol. The zero-order valence-corrected chi connectivity index (χ0v) is 18.4. The van der Waals surface area contributed by atoms with E-state index in [-0.39, 0.29) is 22.7 Å². The first-order chi connectivity index (χ1) is 14.5. The number of nitriles is 1. The minimum absolute atomic E-state index is 0.0130. The molecule has 1 unspecified atom stereocenters. The molecule has 0 aromatic heterocycles. The van der Waals surface area contributed by atoms with Crippen molar-refractivity contribution in [3.8, 4) is 6.07 Å². The molecule has 7 nitrogen and oxygen atoms in total. The summed E-state index contributed by atoms with van der Waals surface area (Å²) >= 11 is 2.09. The largest absolute Gasteiger partial charge is 0.466 e. The van der Waals surface area contributed by atoms with E-state index in [1.54, 1.807) is 36.4 Å². The summed E-state index contributed by atoms with van der Waals surface area (Å²) in [6, 6.07) is 18.2. The van der Waals surface area contributed by atoms with Crippen LogP contribution >= 0.6 is 22.6 Å². The van der Waals surface area contributed by atoms with Crippen molar-refractivity contribution in [1.29, 1.82) is 5.26 Å². The number of anilines is 1. The van der Waals surface area contributed by atoms with Gasteiger partial charge in [0.15, 0.2) is 0 Å². The Morgan fingerprint density at radius 2 is 1.63 bits per heavy atom. The lowest BCUT2D eigenvalue weighted by Crippen LogP contribution is -2.41. The van der Waals surface area contributed by atoms with E-state index in [1.165, 1.54) is 19.1 Å². The third kappa shape index (κ3) is 3.64. The Balaban J connectivity index is 2.43. The van der Waals surface area contributed by atoms with Crippen LogP contribution in [0.2, 0.25) is 0 Å². The van der Waals surface area contributed by atoms with Gasteiger partial charge in [-0.2, -0.15) is 5.26 Å². The molecule has 0 saturated heterocycles. The second-order valence-electron chi connectivity index (χ2n) is 6.29. The van der Waals surface area contributed by atoms with Gasteiger partial charge in [0, 0.05) is 3.57 Å². The van der Waals surface area contributed by atoms with Crippen LogP contribution in [0.5, 0.6) is 0 Å². The van der Waals surface area contributed by atoms with Crippen molar-refractivity contribution >= 4 is 40.2 Å². The fourth-order valence-electron chi connectivity index (χ4n) is 3.40. The molecule has 2 aromatic rings. The van der Waals surface area contributed by atoms with Gasteiger partial charge in [-0.05, 0) is 40.3 Å². The molecule has 2 N–H and O–H groups in total. The topological polar surface area (TPSA) is 106 Å². The standard InChI is InChI=1S/C22H18IN3O4/c1-29-21(27)18-17(13-8-4-3-5-9-13)14(12-24)20(25)26(19(18)22(28)30-2)16-11-7-6-10-15(16)23/h3-11,17H,25H2,1-2H3. The van der Waals surface area contributed by atoms with Gasteiger partial charge in [-0.15, -0.1) is 0 Å². The molecule has 3 rings (SSSR count). The molecule has 0 bridgehead atoms. The van der Waals surface area contributed by atoms with E-state index in [1.807, 2.05) is 18.2 Å². The second-order valence-corrected chi connectivity index (χ2v) is 7.45. The predicted octanol–water partition coefficient (Wildman–Crippen LogP) is 3.19. The first-order valence-corrected chi connectivity index (χ1v) is 9.94. The van der Waals surface area contributed by atoms with Crippen molar-refractivity contribution in [3.63, 3.8) is 0 Å². The van der Waals surface area contributed by atoms with Crippen molar-refractivity contribution in [2.45, 2.75) is 5.92 Å². The van der Waals surface area contributed by atoms with Crippen molar-refractivity contribution in [2.24, 2.45) is 5.73 Å². The van der Waals surface area contributed by atoms with Crippen LogP contribution in [0.25, 0.3) is 0 Å². The van der Waals surface area contributed by atoms with Gasteiger partial charge in [-0.3, -0.25) is 4.90 Å². The van der Waals surface area contributed by atoms with Gasteiger partial charge in [-0.25, -0.2) is 9.59 Å². The number of rotatable bonds is 4. The van der Waals surface area contributed by atoms with Crippen LogP contribution in [0.4, 0.5) is 5.69 Å². The summed E-state index contributed by atoms with van der Waals surface area (Å²) in [6.07, 6.45) is 0. The number of ether oxygens (including phenoxy) is 2. The number of hydrogen-bond donors (Lipinski definition) is 1. The maximum atomic E-state index is 12.9. The van der Waals surface area contributed by atoms with E-state index in [0.29, 0.717) is 11.3 Å². The number of carbonyl (C=O) groups is 2. The maximum absolute atomic E-state index is 12.9. The highest BCUT2D eigenvalue weighted by Crippen LogP contribution is 2.43. The number of esters is 2. The van der Waals surface area contributed by atoms with Crippen molar-refractivity contribution in [3.05, 3.63) is 86.4 Å². The Morgan fingerprint density at radius 1 is 1.03 bits per heavy atom. The number of hydrogen-bond acceptors (Lipinski definition) is 7. The molecular formula is C22H18IN3O4. The Labute approximate surface area is 187 Å². The number of carbonyl (C=O) groups excluding carboxylic acids is 2. The van der Waals surface area contributed by atoms with Crippen LogP contribution in [-0.2, 0) is 19.1 Å². The summed E-state index contributed by atoms with van der Waals surface area (Å²) < 4.78 is 10.8. The van der Waals surface area contributed by atoms with Crippen molar-refractivity contribution in [1.82, 2.24) is 0 Å². The average Bonchev–Trinajstić information content (AvgIpc) is 2.78. The van der Waals surface area contributed by atoms with E-state index in [0.717, 1.165) is 3.57 Å². The van der Waals surface area contributed by atoms with E-state index < -0.39 is 17.9 Å². The Bertz CT molecular complexity index is 1100. The Morgan fingerprint density at radius 3 is 2.20 bits per heavy atom. The molecule has 0 saturated carbocycles. The molecule has 0 spiro atoms. The van der Waals surface area contributed by atoms with E-state index >= 15 is 0 Å². The van der Waals surface area contributed by atoms with Crippen molar-refractivity contribution in [2.75, 3.05) is 19.1 Å². The molecule has 2 aromatic carbocycles. The average molecular weight is 515 g/mol. The zero-order chi connectivity index (χ0) is 21.8. The lowest BCUT2D eigenvalue weighted by atomic mass is 9.81. The lowest BCUT2D eigenvalue weighted by Gasteiger charge is -2.36. The predicted molar refractivity (Wildman–Crippen MR) is 119 cm³/mol. The van der Waals surface area contributed by atoms with E-state index in [4.69, 9.17) is 15.2 Å². The number of allylic oxidation sites excluding steroid dienone is 1. The number of benzene rings is 2. The van der Waals surface area contributed by atoms with Gasteiger partial charge in [0.2, 0.25) is 0 Å². The van der Waals surface area contributed by atoms with Crippen LogP contribution in [0.1, 0.15) is 11.5 Å². The minimum Gasteiger partial charge on any atom is -0.466 e. The van der Waals surface area contributed by atoms with Gasteiger partial charge >= 0.3 is 11.9 Å². The summed E-state index contributed by atoms with van der Waals surface area (Å²) in [4.78, 5) is 27.2. The number of nitrogens with zero attached hydrogens (tertiary/aromatic N) is 2. The molecule has 8 heteroatoms. The van der Waals surface area contributed by atoms with Gasteiger partial charge < -0.3 is 15.2 Å². The summed E-state index contributed by atoms with van der Waals surface area (Å²) in [7, 11) is 2.44. The van der Waals surface area contributed by atoms with Gasteiger partial charge in [0.05, 0.1) is 43.0 Å². The molecule has 30 heavy (non-hydrogen) atoms. The molecule has 152 valence electrons. The van der Waals surface area contributed by atoms with Crippen LogP contribution in [0, 0.1) is 14.9 Å². The highest BCUT2D eigenvalue weighted by atomic mass is 127. The fourth-order valence-corrected chi connectivity index (χ4v) is 4.03. The third-order valence-corrected chi connectivity index (χ3v) is 5.62. The second kappa shape index (κ2) is 9.00. The number of para-hydroxylation sites is 1. The van der Waals surface area contributed by atoms with Crippen LogP contribution in [0.3, 0.4) is 0 Å². The highest BCUT2D eigenvalue weighted by molar-refractivity contribution is 14.1. The molecule has 1 heterocycles. The molecule has 1 aliphatic heterocycles. The molecule has 0 amide bonds. The number of nitrogens with two attached hydrogens (primary N) is 1.